The molecule has 1 aliphatic heterocycles. The second-order valence-corrected chi connectivity index (χ2v) is 3.77. The normalized spacial score (nSPS) is 21.3. The van der Waals surface area contributed by atoms with E-state index in [1.54, 1.807) is 6.92 Å². The standard InChI is InChI=1S/C10H15N3O2/c1-7-9(12-6-15-7)10(14)13-8-3-2-4-11-5-8/h6,8,11H,2-5H2,1H3,(H,13,14)/t8-/m0/s1. The molecule has 2 N–H and O–H groups in total. The van der Waals surface area contributed by atoms with Gasteiger partial charge in [-0.3, -0.25) is 4.79 Å². The van der Waals surface area contributed by atoms with Crippen molar-refractivity contribution in [3.63, 3.8) is 0 Å². The zero-order valence-corrected chi connectivity index (χ0v) is 8.75. The van der Waals surface area contributed by atoms with E-state index in [2.05, 4.69) is 15.6 Å². The van der Waals surface area contributed by atoms with Crippen LogP contribution in [0.25, 0.3) is 0 Å². The Morgan fingerprint density at radius 1 is 1.73 bits per heavy atom. The number of hydrogen-bond acceptors (Lipinski definition) is 4. The molecule has 1 fully saturated rings. The first-order valence-electron chi connectivity index (χ1n) is 5.19. The van der Waals surface area contributed by atoms with Crippen LogP contribution in [-0.4, -0.2) is 30.0 Å². The molecule has 0 spiro atoms. The van der Waals surface area contributed by atoms with Gasteiger partial charge in [0.15, 0.2) is 12.1 Å². The maximum atomic E-state index is 11.7. The van der Waals surface area contributed by atoms with Crippen molar-refractivity contribution in [2.45, 2.75) is 25.8 Å². The number of nitrogens with zero attached hydrogens (tertiary/aromatic N) is 1. The number of carbonyl (C=O) groups excluding carboxylic acids is 1. The van der Waals surface area contributed by atoms with Gasteiger partial charge in [-0.15, -0.1) is 0 Å². The summed E-state index contributed by atoms with van der Waals surface area (Å²) in [6.45, 7) is 3.61. The van der Waals surface area contributed by atoms with Gasteiger partial charge < -0.3 is 15.1 Å². The molecule has 1 atom stereocenters. The van der Waals surface area contributed by atoms with Crippen molar-refractivity contribution >= 4 is 5.91 Å². The number of aryl methyl sites for hydroxylation is 1. The number of aromatic nitrogens is 1. The quantitative estimate of drug-likeness (QED) is 0.742. The molecule has 0 unspecified atom stereocenters. The first kappa shape index (κ1) is 10.2. The lowest BCUT2D eigenvalue weighted by molar-refractivity contribution is 0.0924. The summed E-state index contributed by atoms with van der Waals surface area (Å²) in [7, 11) is 0. The van der Waals surface area contributed by atoms with Crippen LogP contribution in [0.2, 0.25) is 0 Å². The van der Waals surface area contributed by atoms with Gasteiger partial charge in [0, 0.05) is 12.6 Å². The summed E-state index contributed by atoms with van der Waals surface area (Å²) >= 11 is 0. The molecule has 5 heteroatoms. The summed E-state index contributed by atoms with van der Waals surface area (Å²) in [4.78, 5) is 15.6. The molecule has 0 saturated carbocycles. The Balaban J connectivity index is 1.94. The van der Waals surface area contributed by atoms with Crippen molar-refractivity contribution in [1.82, 2.24) is 15.6 Å². The maximum Gasteiger partial charge on any atom is 0.273 e. The summed E-state index contributed by atoms with van der Waals surface area (Å²) in [6, 6.07) is 0.211. The average molecular weight is 209 g/mol. The molecule has 0 bridgehead atoms. The molecule has 1 aliphatic rings. The number of amides is 1. The Morgan fingerprint density at radius 3 is 3.20 bits per heavy atom. The van der Waals surface area contributed by atoms with Crippen LogP contribution in [0.3, 0.4) is 0 Å². The molecule has 5 nitrogen and oxygen atoms in total. The van der Waals surface area contributed by atoms with Gasteiger partial charge >= 0.3 is 0 Å². The summed E-state index contributed by atoms with van der Waals surface area (Å²) in [5.41, 5.74) is 0.389. The topological polar surface area (TPSA) is 67.2 Å². The molecule has 82 valence electrons. The van der Waals surface area contributed by atoms with Crippen LogP contribution in [0.1, 0.15) is 29.1 Å². The van der Waals surface area contributed by atoms with Gasteiger partial charge in [0.1, 0.15) is 5.76 Å². The smallest absolute Gasteiger partial charge is 0.273 e. The van der Waals surface area contributed by atoms with Crippen molar-refractivity contribution in [2.24, 2.45) is 0 Å². The summed E-state index contributed by atoms with van der Waals surface area (Å²) in [5.74, 6) is 0.422. The van der Waals surface area contributed by atoms with Gasteiger partial charge in [-0.2, -0.15) is 0 Å². The monoisotopic (exact) mass is 209 g/mol. The van der Waals surface area contributed by atoms with Crippen LogP contribution in [-0.2, 0) is 0 Å². The van der Waals surface area contributed by atoms with Crippen molar-refractivity contribution in [2.75, 3.05) is 13.1 Å². The molecule has 2 rings (SSSR count). The van der Waals surface area contributed by atoms with E-state index in [1.807, 2.05) is 0 Å². The average Bonchev–Trinajstić information content (AvgIpc) is 2.66. The minimum Gasteiger partial charge on any atom is -0.448 e. The highest BCUT2D eigenvalue weighted by molar-refractivity contribution is 5.93. The lowest BCUT2D eigenvalue weighted by Gasteiger charge is -2.23. The predicted octanol–water partition coefficient (Wildman–Crippen LogP) is 0.465. The van der Waals surface area contributed by atoms with Crippen LogP contribution < -0.4 is 10.6 Å². The Kier molecular flexibility index (Phi) is 3.01. The van der Waals surface area contributed by atoms with E-state index in [0.717, 1.165) is 25.9 Å². The van der Waals surface area contributed by atoms with E-state index in [1.165, 1.54) is 6.39 Å². The summed E-state index contributed by atoms with van der Waals surface area (Å²) in [5, 5.41) is 6.18. The molecule has 15 heavy (non-hydrogen) atoms. The van der Waals surface area contributed by atoms with Gasteiger partial charge in [0.25, 0.3) is 5.91 Å². The molecular weight excluding hydrogens is 194 g/mol. The summed E-state index contributed by atoms with van der Waals surface area (Å²) in [6.07, 6.45) is 3.42. The Bertz CT molecular complexity index is 342. The molecule has 1 aromatic rings. The predicted molar refractivity (Wildman–Crippen MR) is 54.6 cm³/mol. The summed E-state index contributed by atoms with van der Waals surface area (Å²) < 4.78 is 4.99. The van der Waals surface area contributed by atoms with Crippen LogP contribution in [0.15, 0.2) is 10.8 Å². The van der Waals surface area contributed by atoms with E-state index >= 15 is 0 Å². The maximum absolute atomic E-state index is 11.7. The van der Waals surface area contributed by atoms with Gasteiger partial charge in [0.2, 0.25) is 0 Å². The number of oxazole rings is 1. The second kappa shape index (κ2) is 4.44. The van der Waals surface area contributed by atoms with Gasteiger partial charge in [0.05, 0.1) is 0 Å². The highest BCUT2D eigenvalue weighted by atomic mass is 16.3. The van der Waals surface area contributed by atoms with Crippen LogP contribution >= 0.6 is 0 Å². The van der Waals surface area contributed by atoms with Crippen LogP contribution in [0, 0.1) is 6.92 Å². The fraction of sp³-hybridized carbons (Fsp3) is 0.600. The number of carbonyl (C=O) groups is 1. The molecular formula is C10H15N3O2. The van der Waals surface area contributed by atoms with E-state index < -0.39 is 0 Å². The van der Waals surface area contributed by atoms with Crippen molar-refractivity contribution in [1.29, 1.82) is 0 Å². The third kappa shape index (κ3) is 2.36. The van der Waals surface area contributed by atoms with E-state index in [4.69, 9.17) is 4.42 Å². The highest BCUT2D eigenvalue weighted by Gasteiger charge is 2.19. The number of piperidine rings is 1. The van der Waals surface area contributed by atoms with E-state index in [-0.39, 0.29) is 11.9 Å². The molecule has 1 aromatic heterocycles. The molecule has 0 radical (unpaired) electrons. The lowest BCUT2D eigenvalue weighted by atomic mass is 10.1. The second-order valence-electron chi connectivity index (χ2n) is 3.77. The molecule has 0 aliphatic carbocycles. The first-order chi connectivity index (χ1) is 7.27. The van der Waals surface area contributed by atoms with Crippen molar-refractivity contribution < 1.29 is 9.21 Å². The number of rotatable bonds is 2. The van der Waals surface area contributed by atoms with Gasteiger partial charge in [-0.1, -0.05) is 0 Å². The minimum atomic E-state index is -0.144. The Morgan fingerprint density at radius 2 is 2.60 bits per heavy atom. The van der Waals surface area contributed by atoms with E-state index in [0.29, 0.717) is 11.5 Å². The fourth-order valence-electron chi connectivity index (χ4n) is 1.75. The first-order valence-corrected chi connectivity index (χ1v) is 5.19. The third-order valence-corrected chi connectivity index (χ3v) is 2.59. The lowest BCUT2D eigenvalue weighted by Crippen LogP contribution is -2.45. The Hall–Kier alpha value is -1.36. The highest BCUT2D eigenvalue weighted by Crippen LogP contribution is 2.06. The van der Waals surface area contributed by atoms with Crippen molar-refractivity contribution in [3.05, 3.63) is 17.8 Å². The SMILES string of the molecule is Cc1ocnc1C(=O)N[C@H]1CCCNC1. The molecule has 2 heterocycles. The number of hydrogen-bond donors (Lipinski definition) is 2. The van der Waals surface area contributed by atoms with Crippen LogP contribution in [0.5, 0.6) is 0 Å². The molecule has 1 amide bonds. The zero-order valence-electron chi connectivity index (χ0n) is 8.75. The molecule has 1 saturated heterocycles. The van der Waals surface area contributed by atoms with Gasteiger partial charge in [-0.05, 0) is 26.3 Å². The minimum absolute atomic E-state index is 0.144. The van der Waals surface area contributed by atoms with E-state index in [9.17, 15) is 4.79 Å². The zero-order chi connectivity index (χ0) is 10.7. The Labute approximate surface area is 88.3 Å². The van der Waals surface area contributed by atoms with Crippen LogP contribution in [0.4, 0.5) is 0 Å². The van der Waals surface area contributed by atoms with Crippen molar-refractivity contribution in [3.8, 4) is 0 Å². The largest absolute Gasteiger partial charge is 0.448 e. The van der Waals surface area contributed by atoms with Gasteiger partial charge in [-0.25, -0.2) is 4.98 Å². The number of nitrogens with one attached hydrogen (secondary N) is 2. The molecule has 0 aromatic carbocycles. The third-order valence-electron chi connectivity index (χ3n) is 2.59. The fourth-order valence-corrected chi connectivity index (χ4v) is 1.75.